The highest BCUT2D eigenvalue weighted by molar-refractivity contribution is 9.10. The van der Waals surface area contributed by atoms with Crippen molar-refractivity contribution in [3.05, 3.63) is 46.7 Å². The predicted octanol–water partition coefficient (Wildman–Crippen LogP) is 2.32. The number of fused-ring (bicyclic) bond motifs is 1. The molecular formula is C14H15BrN4O. The number of carbonyl (C=O) groups is 1. The molecule has 2 aromatic rings. The van der Waals surface area contributed by atoms with Crippen molar-refractivity contribution in [2.75, 3.05) is 5.32 Å². The molecule has 1 aromatic heterocycles. The van der Waals surface area contributed by atoms with E-state index in [-0.39, 0.29) is 18.0 Å². The Labute approximate surface area is 125 Å². The maximum atomic E-state index is 12.1. The standard InChI is InChI=1S/C14H15BrN4O/c1-9(8-19-7-3-6-16-19)17-13-12-10(15)4-2-5-11(12)18-14(13)20/h2-7,9,13,17H,8H2,1H3,(H,18,20). The summed E-state index contributed by atoms with van der Waals surface area (Å²) in [4.78, 5) is 12.1. The number of rotatable bonds is 4. The lowest BCUT2D eigenvalue weighted by Gasteiger charge is -2.19. The molecule has 0 saturated heterocycles. The van der Waals surface area contributed by atoms with Gasteiger partial charge in [-0.25, -0.2) is 0 Å². The van der Waals surface area contributed by atoms with Crippen LogP contribution in [0.5, 0.6) is 0 Å². The number of halogens is 1. The molecular weight excluding hydrogens is 320 g/mol. The number of hydrogen-bond acceptors (Lipinski definition) is 3. The van der Waals surface area contributed by atoms with Crippen molar-refractivity contribution >= 4 is 27.5 Å². The Kier molecular flexibility index (Phi) is 3.58. The molecule has 1 aliphatic heterocycles. The van der Waals surface area contributed by atoms with Gasteiger partial charge in [0.15, 0.2) is 0 Å². The van der Waals surface area contributed by atoms with Crippen molar-refractivity contribution in [2.45, 2.75) is 25.6 Å². The van der Waals surface area contributed by atoms with Gasteiger partial charge in [-0.05, 0) is 25.1 Å². The summed E-state index contributed by atoms with van der Waals surface area (Å²) in [5.74, 6) is -0.0146. The van der Waals surface area contributed by atoms with Gasteiger partial charge in [0.25, 0.3) is 0 Å². The minimum Gasteiger partial charge on any atom is -0.324 e. The lowest BCUT2D eigenvalue weighted by atomic mass is 10.1. The smallest absolute Gasteiger partial charge is 0.246 e. The van der Waals surface area contributed by atoms with Gasteiger partial charge in [0.2, 0.25) is 5.91 Å². The molecule has 0 spiro atoms. The fraction of sp³-hybridized carbons (Fsp3) is 0.286. The summed E-state index contributed by atoms with van der Waals surface area (Å²) in [6.45, 7) is 2.76. The van der Waals surface area contributed by atoms with Gasteiger partial charge in [-0.15, -0.1) is 0 Å². The monoisotopic (exact) mass is 334 g/mol. The van der Waals surface area contributed by atoms with Gasteiger partial charge in [-0.3, -0.25) is 14.8 Å². The van der Waals surface area contributed by atoms with Crippen molar-refractivity contribution in [1.29, 1.82) is 0 Å². The average molecular weight is 335 g/mol. The fourth-order valence-electron chi connectivity index (χ4n) is 2.46. The minimum absolute atomic E-state index is 0.0146. The zero-order valence-corrected chi connectivity index (χ0v) is 12.6. The van der Waals surface area contributed by atoms with Crippen molar-refractivity contribution < 1.29 is 4.79 Å². The molecule has 0 saturated carbocycles. The molecule has 2 unspecified atom stereocenters. The Bertz CT molecular complexity index is 626. The molecule has 0 aliphatic carbocycles. The van der Waals surface area contributed by atoms with Gasteiger partial charge in [-0.2, -0.15) is 5.10 Å². The molecule has 6 heteroatoms. The summed E-state index contributed by atoms with van der Waals surface area (Å²) in [7, 11) is 0. The van der Waals surface area contributed by atoms with Crippen LogP contribution in [0.25, 0.3) is 0 Å². The maximum Gasteiger partial charge on any atom is 0.246 e. The van der Waals surface area contributed by atoms with Crippen LogP contribution < -0.4 is 10.6 Å². The lowest BCUT2D eigenvalue weighted by Crippen LogP contribution is -2.37. The SMILES string of the molecule is CC(Cn1cccn1)NC1C(=O)Nc2cccc(Br)c21. The van der Waals surface area contributed by atoms with Crippen molar-refractivity contribution in [3.63, 3.8) is 0 Å². The third-order valence-corrected chi connectivity index (χ3v) is 4.02. The summed E-state index contributed by atoms with van der Waals surface area (Å²) in [6.07, 6.45) is 3.66. The molecule has 0 radical (unpaired) electrons. The van der Waals surface area contributed by atoms with E-state index in [1.54, 1.807) is 6.20 Å². The van der Waals surface area contributed by atoms with Gasteiger partial charge in [0.05, 0.1) is 6.54 Å². The second kappa shape index (κ2) is 5.38. The van der Waals surface area contributed by atoms with Crippen LogP contribution in [0.1, 0.15) is 18.5 Å². The highest BCUT2D eigenvalue weighted by Crippen LogP contribution is 2.36. The number of anilines is 1. The second-order valence-electron chi connectivity index (χ2n) is 4.92. The third kappa shape index (κ3) is 2.48. The van der Waals surface area contributed by atoms with Crippen LogP contribution in [0.3, 0.4) is 0 Å². The maximum absolute atomic E-state index is 12.1. The van der Waals surface area contributed by atoms with Gasteiger partial charge in [-0.1, -0.05) is 22.0 Å². The molecule has 20 heavy (non-hydrogen) atoms. The van der Waals surface area contributed by atoms with E-state index in [1.807, 2.05) is 42.1 Å². The molecule has 1 amide bonds. The fourth-order valence-corrected chi connectivity index (χ4v) is 3.06. The van der Waals surface area contributed by atoms with E-state index in [2.05, 4.69) is 31.7 Å². The highest BCUT2D eigenvalue weighted by atomic mass is 79.9. The summed E-state index contributed by atoms with van der Waals surface area (Å²) in [5.41, 5.74) is 1.85. The van der Waals surface area contributed by atoms with Gasteiger partial charge >= 0.3 is 0 Å². The van der Waals surface area contributed by atoms with Crippen LogP contribution >= 0.6 is 15.9 Å². The molecule has 2 atom stereocenters. The largest absolute Gasteiger partial charge is 0.324 e. The number of hydrogen-bond donors (Lipinski definition) is 2. The Morgan fingerprint density at radius 2 is 2.35 bits per heavy atom. The first-order valence-electron chi connectivity index (χ1n) is 6.48. The first-order chi connectivity index (χ1) is 9.65. The van der Waals surface area contributed by atoms with E-state index < -0.39 is 0 Å². The number of aromatic nitrogens is 2. The first-order valence-corrected chi connectivity index (χ1v) is 7.27. The molecule has 2 N–H and O–H groups in total. The normalized spacial score (nSPS) is 18.7. The number of benzene rings is 1. The molecule has 1 aromatic carbocycles. The quantitative estimate of drug-likeness (QED) is 0.902. The van der Waals surface area contributed by atoms with Gasteiger partial charge in [0.1, 0.15) is 6.04 Å². The zero-order chi connectivity index (χ0) is 14.1. The Morgan fingerprint density at radius 1 is 1.50 bits per heavy atom. The van der Waals surface area contributed by atoms with E-state index in [0.29, 0.717) is 0 Å². The van der Waals surface area contributed by atoms with E-state index in [4.69, 9.17) is 0 Å². The zero-order valence-electron chi connectivity index (χ0n) is 11.0. The average Bonchev–Trinajstić information content (AvgIpc) is 2.99. The summed E-state index contributed by atoms with van der Waals surface area (Å²) >= 11 is 3.52. The van der Waals surface area contributed by atoms with Crippen LogP contribution in [0.2, 0.25) is 0 Å². The number of amides is 1. The minimum atomic E-state index is -0.328. The summed E-state index contributed by atoms with van der Waals surface area (Å²) < 4.78 is 2.79. The third-order valence-electron chi connectivity index (χ3n) is 3.33. The van der Waals surface area contributed by atoms with Gasteiger partial charge in [0, 0.05) is 34.2 Å². The molecule has 1 aliphatic rings. The lowest BCUT2D eigenvalue weighted by molar-refractivity contribution is -0.117. The molecule has 0 bridgehead atoms. The number of nitrogens with zero attached hydrogens (tertiary/aromatic N) is 2. The van der Waals surface area contributed by atoms with Crippen LogP contribution in [0.15, 0.2) is 41.1 Å². The van der Waals surface area contributed by atoms with Crippen LogP contribution in [-0.4, -0.2) is 21.7 Å². The molecule has 0 fully saturated rings. The van der Waals surface area contributed by atoms with E-state index in [9.17, 15) is 4.79 Å². The molecule has 2 heterocycles. The Balaban J connectivity index is 1.76. The van der Waals surface area contributed by atoms with Gasteiger partial charge < -0.3 is 5.32 Å². The van der Waals surface area contributed by atoms with Crippen LogP contribution in [0.4, 0.5) is 5.69 Å². The Morgan fingerprint density at radius 3 is 3.10 bits per heavy atom. The first kappa shape index (κ1) is 13.3. The topological polar surface area (TPSA) is 59.0 Å². The van der Waals surface area contributed by atoms with E-state index in [0.717, 1.165) is 22.3 Å². The van der Waals surface area contributed by atoms with E-state index in [1.165, 1.54) is 0 Å². The predicted molar refractivity (Wildman–Crippen MR) is 80.3 cm³/mol. The molecule has 104 valence electrons. The number of carbonyl (C=O) groups excluding carboxylic acids is 1. The highest BCUT2D eigenvalue weighted by Gasteiger charge is 2.32. The van der Waals surface area contributed by atoms with Crippen LogP contribution in [0, 0.1) is 0 Å². The Hall–Kier alpha value is -1.66. The van der Waals surface area contributed by atoms with Crippen molar-refractivity contribution in [2.24, 2.45) is 0 Å². The summed E-state index contributed by atoms with van der Waals surface area (Å²) in [5, 5.41) is 10.4. The van der Waals surface area contributed by atoms with Crippen molar-refractivity contribution in [3.8, 4) is 0 Å². The second-order valence-corrected chi connectivity index (χ2v) is 5.77. The number of nitrogens with one attached hydrogen (secondary N) is 2. The molecule has 3 rings (SSSR count). The van der Waals surface area contributed by atoms with Crippen molar-refractivity contribution in [1.82, 2.24) is 15.1 Å². The summed E-state index contributed by atoms with van der Waals surface area (Å²) in [6, 6.07) is 7.47. The van der Waals surface area contributed by atoms with E-state index >= 15 is 0 Å². The molecule has 5 nitrogen and oxygen atoms in total. The van der Waals surface area contributed by atoms with Crippen LogP contribution in [-0.2, 0) is 11.3 Å².